The van der Waals surface area contributed by atoms with Gasteiger partial charge in [-0.2, -0.15) is 5.10 Å². The molecule has 2 aromatic rings. The number of nitrogens with zero attached hydrogens (tertiary/aromatic N) is 2. The average molecular weight is 294 g/mol. The van der Waals surface area contributed by atoms with E-state index in [9.17, 15) is 9.90 Å². The number of halogens is 1. The van der Waals surface area contributed by atoms with Crippen LogP contribution in [0.15, 0.2) is 42.7 Å². The van der Waals surface area contributed by atoms with Crippen LogP contribution >= 0.6 is 11.6 Å². The number of aliphatic carboxylic acids is 1. The maximum atomic E-state index is 11.9. The predicted molar refractivity (Wildman–Crippen MR) is 76.7 cm³/mol. The van der Waals surface area contributed by atoms with Gasteiger partial charge in [0.15, 0.2) is 5.54 Å². The van der Waals surface area contributed by atoms with Crippen LogP contribution in [-0.2, 0) is 16.9 Å². The standard InChI is InChI=1S/C14H16ClN3O2/c1-2-16-14(13(19)20,11-6-4-3-5-7-11)10-18-9-12(15)8-17-18/h3-9,16H,2,10H2,1H3,(H,19,20). The lowest BCUT2D eigenvalue weighted by Gasteiger charge is -2.30. The van der Waals surface area contributed by atoms with Crippen molar-refractivity contribution in [2.75, 3.05) is 6.54 Å². The van der Waals surface area contributed by atoms with Crippen molar-refractivity contribution in [2.45, 2.75) is 19.0 Å². The van der Waals surface area contributed by atoms with E-state index in [-0.39, 0.29) is 6.54 Å². The maximum Gasteiger partial charge on any atom is 0.330 e. The normalized spacial score (nSPS) is 13.9. The average Bonchev–Trinajstić information content (AvgIpc) is 2.84. The van der Waals surface area contributed by atoms with Gasteiger partial charge in [-0.1, -0.05) is 48.9 Å². The summed E-state index contributed by atoms with van der Waals surface area (Å²) in [5.41, 5.74) is -0.549. The molecular formula is C14H16ClN3O2. The van der Waals surface area contributed by atoms with Gasteiger partial charge in [0.05, 0.1) is 17.8 Å². The molecule has 1 unspecified atom stereocenters. The molecule has 0 aliphatic heterocycles. The minimum Gasteiger partial charge on any atom is -0.480 e. The molecule has 0 fully saturated rings. The summed E-state index contributed by atoms with van der Waals surface area (Å²) >= 11 is 5.84. The van der Waals surface area contributed by atoms with Crippen LogP contribution in [0.25, 0.3) is 0 Å². The molecule has 5 nitrogen and oxygen atoms in total. The number of rotatable bonds is 6. The number of nitrogens with one attached hydrogen (secondary N) is 1. The molecule has 2 N–H and O–H groups in total. The first kappa shape index (κ1) is 14.6. The molecule has 106 valence electrons. The third-order valence-corrected chi connectivity index (χ3v) is 3.31. The summed E-state index contributed by atoms with van der Waals surface area (Å²) in [6.07, 6.45) is 3.10. The number of aromatic nitrogens is 2. The summed E-state index contributed by atoms with van der Waals surface area (Å²) in [5.74, 6) is -0.947. The van der Waals surface area contributed by atoms with Gasteiger partial charge in [-0.15, -0.1) is 0 Å². The van der Waals surface area contributed by atoms with Crippen LogP contribution in [0.5, 0.6) is 0 Å². The highest BCUT2D eigenvalue weighted by molar-refractivity contribution is 6.30. The summed E-state index contributed by atoms with van der Waals surface area (Å²) < 4.78 is 1.53. The number of likely N-dealkylation sites (N-methyl/N-ethyl adjacent to an activating group) is 1. The Morgan fingerprint density at radius 3 is 2.65 bits per heavy atom. The van der Waals surface area contributed by atoms with E-state index in [2.05, 4.69) is 10.4 Å². The minimum atomic E-state index is -1.23. The maximum absolute atomic E-state index is 11.9. The molecule has 2 rings (SSSR count). The van der Waals surface area contributed by atoms with E-state index < -0.39 is 11.5 Å². The van der Waals surface area contributed by atoms with E-state index >= 15 is 0 Å². The van der Waals surface area contributed by atoms with Gasteiger partial charge in [-0.05, 0) is 12.1 Å². The molecule has 6 heteroatoms. The molecule has 1 atom stereocenters. The molecule has 0 aliphatic carbocycles. The minimum absolute atomic E-state index is 0.160. The number of carboxylic acids is 1. The number of hydrogen-bond donors (Lipinski definition) is 2. The number of hydrogen-bond acceptors (Lipinski definition) is 3. The first-order valence-electron chi connectivity index (χ1n) is 6.30. The largest absolute Gasteiger partial charge is 0.480 e. The van der Waals surface area contributed by atoms with Crippen molar-refractivity contribution in [3.05, 3.63) is 53.3 Å². The third-order valence-electron chi connectivity index (χ3n) is 3.11. The molecule has 0 radical (unpaired) electrons. The summed E-state index contributed by atoms with van der Waals surface area (Å²) in [5, 5.41) is 17.4. The first-order valence-corrected chi connectivity index (χ1v) is 6.68. The first-order chi connectivity index (χ1) is 9.58. The van der Waals surface area contributed by atoms with Gasteiger partial charge in [-0.3, -0.25) is 10.00 Å². The van der Waals surface area contributed by atoms with Crippen molar-refractivity contribution in [2.24, 2.45) is 0 Å². The van der Waals surface area contributed by atoms with Crippen molar-refractivity contribution in [3.63, 3.8) is 0 Å². The van der Waals surface area contributed by atoms with Crippen LogP contribution in [0.3, 0.4) is 0 Å². The molecule has 0 aliphatic rings. The Morgan fingerprint density at radius 2 is 2.15 bits per heavy atom. The van der Waals surface area contributed by atoms with Crippen LogP contribution in [0.1, 0.15) is 12.5 Å². The van der Waals surface area contributed by atoms with Crippen molar-refractivity contribution in [1.29, 1.82) is 0 Å². The van der Waals surface area contributed by atoms with Crippen molar-refractivity contribution >= 4 is 17.6 Å². The number of benzene rings is 1. The lowest BCUT2D eigenvalue weighted by Crippen LogP contribution is -2.52. The summed E-state index contributed by atoms with van der Waals surface area (Å²) in [7, 11) is 0. The Hall–Kier alpha value is -1.85. The molecular weight excluding hydrogens is 278 g/mol. The van der Waals surface area contributed by atoms with E-state index in [1.165, 1.54) is 10.9 Å². The third kappa shape index (κ3) is 2.84. The summed E-state index contributed by atoms with van der Waals surface area (Å²) in [4.78, 5) is 11.9. The molecule has 0 bridgehead atoms. The van der Waals surface area contributed by atoms with Gasteiger partial charge in [0.2, 0.25) is 0 Å². The number of carboxylic acid groups (broad SMARTS) is 1. The zero-order valence-corrected chi connectivity index (χ0v) is 11.8. The molecule has 20 heavy (non-hydrogen) atoms. The van der Waals surface area contributed by atoms with E-state index in [0.717, 1.165) is 0 Å². The van der Waals surface area contributed by atoms with E-state index in [1.807, 2.05) is 25.1 Å². The monoisotopic (exact) mass is 293 g/mol. The zero-order chi connectivity index (χ0) is 14.6. The Balaban J connectivity index is 2.44. The van der Waals surface area contributed by atoms with Crippen LogP contribution in [0, 0.1) is 0 Å². The van der Waals surface area contributed by atoms with Gasteiger partial charge in [0, 0.05) is 6.20 Å². The van der Waals surface area contributed by atoms with Gasteiger partial charge in [-0.25, -0.2) is 4.79 Å². The van der Waals surface area contributed by atoms with Crippen molar-refractivity contribution in [1.82, 2.24) is 15.1 Å². The fourth-order valence-corrected chi connectivity index (χ4v) is 2.36. The molecule has 0 spiro atoms. The van der Waals surface area contributed by atoms with Crippen LogP contribution < -0.4 is 5.32 Å². The second-order valence-corrected chi connectivity index (χ2v) is 4.90. The Kier molecular flexibility index (Phi) is 4.42. The molecule has 1 heterocycles. The lowest BCUT2D eigenvalue weighted by atomic mass is 9.89. The zero-order valence-electron chi connectivity index (χ0n) is 11.1. The molecule has 0 saturated heterocycles. The van der Waals surface area contributed by atoms with E-state index in [0.29, 0.717) is 17.1 Å². The second-order valence-electron chi connectivity index (χ2n) is 4.46. The smallest absolute Gasteiger partial charge is 0.330 e. The molecule has 0 amide bonds. The second kappa shape index (κ2) is 6.07. The fourth-order valence-electron chi connectivity index (χ4n) is 2.21. The SMILES string of the molecule is CCNC(Cn1cc(Cl)cn1)(C(=O)O)c1ccccc1. The Morgan fingerprint density at radius 1 is 1.45 bits per heavy atom. The summed E-state index contributed by atoms with van der Waals surface area (Å²) in [6, 6.07) is 9.08. The molecule has 1 aromatic carbocycles. The molecule has 0 saturated carbocycles. The highest BCUT2D eigenvalue weighted by atomic mass is 35.5. The predicted octanol–water partition coefficient (Wildman–Crippen LogP) is 2.13. The summed E-state index contributed by atoms with van der Waals surface area (Å²) in [6.45, 7) is 2.56. The molecule has 1 aromatic heterocycles. The van der Waals surface area contributed by atoms with Gasteiger partial charge < -0.3 is 5.11 Å². The van der Waals surface area contributed by atoms with Gasteiger partial charge in [0.25, 0.3) is 0 Å². The van der Waals surface area contributed by atoms with Gasteiger partial charge >= 0.3 is 5.97 Å². The Bertz CT molecular complexity index is 585. The highest BCUT2D eigenvalue weighted by Crippen LogP contribution is 2.24. The van der Waals surface area contributed by atoms with E-state index in [4.69, 9.17) is 11.6 Å². The van der Waals surface area contributed by atoms with Crippen LogP contribution in [-0.4, -0.2) is 27.4 Å². The fraction of sp³-hybridized carbons (Fsp3) is 0.286. The lowest BCUT2D eigenvalue weighted by molar-refractivity contribution is -0.146. The Labute approximate surface area is 122 Å². The van der Waals surface area contributed by atoms with Crippen molar-refractivity contribution < 1.29 is 9.90 Å². The van der Waals surface area contributed by atoms with Crippen molar-refractivity contribution in [3.8, 4) is 0 Å². The quantitative estimate of drug-likeness (QED) is 0.856. The van der Waals surface area contributed by atoms with Crippen LogP contribution in [0.4, 0.5) is 0 Å². The number of carbonyl (C=O) groups is 1. The highest BCUT2D eigenvalue weighted by Gasteiger charge is 2.40. The topological polar surface area (TPSA) is 67.2 Å². The van der Waals surface area contributed by atoms with Gasteiger partial charge in [0.1, 0.15) is 0 Å². The van der Waals surface area contributed by atoms with E-state index in [1.54, 1.807) is 18.3 Å². The van der Waals surface area contributed by atoms with Crippen LogP contribution in [0.2, 0.25) is 5.02 Å².